The van der Waals surface area contributed by atoms with Gasteiger partial charge >= 0.3 is 0 Å². The van der Waals surface area contributed by atoms with Crippen LogP contribution in [-0.4, -0.2) is 33.2 Å². The fraction of sp³-hybridized carbons (Fsp3) is 0.286. The van der Waals surface area contributed by atoms with E-state index in [1.54, 1.807) is 49.4 Å². The Morgan fingerprint density at radius 3 is 2.50 bits per heavy atom. The number of carbonyl (C=O) groups excluding carboxylic acids is 1. The highest BCUT2D eigenvalue weighted by atomic mass is 32.2. The number of aryl methyl sites for hydroxylation is 1. The highest BCUT2D eigenvalue weighted by Gasteiger charge is 2.31. The summed E-state index contributed by atoms with van der Waals surface area (Å²) in [4.78, 5) is 12.9. The van der Waals surface area contributed by atoms with Gasteiger partial charge in [0, 0.05) is 11.8 Å². The van der Waals surface area contributed by atoms with Gasteiger partial charge in [0.2, 0.25) is 15.9 Å². The minimum absolute atomic E-state index is 0.319. The molecule has 0 aromatic heterocycles. The van der Waals surface area contributed by atoms with Crippen LogP contribution in [0.15, 0.2) is 61.2 Å². The summed E-state index contributed by atoms with van der Waals surface area (Å²) in [5, 5.41) is 2.79. The van der Waals surface area contributed by atoms with Crippen molar-refractivity contribution in [3.8, 4) is 5.75 Å². The predicted octanol–water partition coefficient (Wildman–Crippen LogP) is 3.74. The molecule has 0 bridgehead atoms. The summed E-state index contributed by atoms with van der Waals surface area (Å²) >= 11 is 0. The van der Waals surface area contributed by atoms with Gasteiger partial charge in [-0.15, -0.1) is 0 Å². The standard InChI is InChI=1S/C21H26N2O4S/c1-5-14-27-19-9-7-8-17(15-19)22-21(24)20(6-2)23(28(4,25)26)18-12-10-16(3)11-13-18/h5,7-13,15,20H,1,6,14H2,2-4H3,(H,22,24)/t20-/m1/s1. The Hall–Kier alpha value is -2.80. The second kappa shape index (κ2) is 9.41. The van der Waals surface area contributed by atoms with E-state index in [4.69, 9.17) is 4.74 Å². The molecule has 2 rings (SSSR count). The van der Waals surface area contributed by atoms with Crippen LogP contribution in [0.4, 0.5) is 11.4 Å². The number of benzene rings is 2. The molecule has 0 saturated heterocycles. The maximum absolute atomic E-state index is 12.9. The highest BCUT2D eigenvalue weighted by molar-refractivity contribution is 7.92. The average molecular weight is 403 g/mol. The predicted molar refractivity (Wildman–Crippen MR) is 113 cm³/mol. The third kappa shape index (κ3) is 5.60. The second-order valence-corrected chi connectivity index (χ2v) is 8.29. The summed E-state index contributed by atoms with van der Waals surface area (Å²) in [5.74, 6) is 0.179. The first kappa shape index (κ1) is 21.5. The Bertz CT molecular complexity index is 924. The minimum Gasteiger partial charge on any atom is -0.489 e. The van der Waals surface area contributed by atoms with E-state index in [-0.39, 0.29) is 0 Å². The number of amides is 1. The van der Waals surface area contributed by atoms with Crippen molar-refractivity contribution < 1.29 is 17.9 Å². The van der Waals surface area contributed by atoms with E-state index in [2.05, 4.69) is 11.9 Å². The van der Waals surface area contributed by atoms with Gasteiger partial charge in [-0.05, 0) is 37.6 Å². The molecule has 0 spiro atoms. The lowest BCUT2D eigenvalue weighted by Crippen LogP contribution is -2.47. The monoisotopic (exact) mass is 402 g/mol. The zero-order chi connectivity index (χ0) is 20.7. The number of nitrogens with one attached hydrogen (secondary N) is 1. The number of anilines is 2. The van der Waals surface area contributed by atoms with Crippen molar-refractivity contribution in [3.05, 3.63) is 66.7 Å². The van der Waals surface area contributed by atoms with Gasteiger partial charge in [0.15, 0.2) is 0 Å². The maximum Gasteiger partial charge on any atom is 0.248 e. The first-order valence-electron chi connectivity index (χ1n) is 8.97. The quantitative estimate of drug-likeness (QED) is 0.648. The van der Waals surface area contributed by atoms with E-state index >= 15 is 0 Å². The number of nitrogens with zero attached hydrogens (tertiary/aromatic N) is 1. The third-order valence-electron chi connectivity index (χ3n) is 4.09. The van der Waals surface area contributed by atoms with Crippen molar-refractivity contribution >= 4 is 27.3 Å². The molecule has 28 heavy (non-hydrogen) atoms. The van der Waals surface area contributed by atoms with E-state index in [1.807, 2.05) is 19.1 Å². The van der Waals surface area contributed by atoms with Gasteiger partial charge in [-0.3, -0.25) is 9.10 Å². The molecule has 0 aliphatic heterocycles. The average Bonchev–Trinajstić information content (AvgIpc) is 2.64. The van der Waals surface area contributed by atoms with Crippen LogP contribution >= 0.6 is 0 Å². The first-order chi connectivity index (χ1) is 13.3. The van der Waals surface area contributed by atoms with Crippen LogP contribution < -0.4 is 14.4 Å². The van der Waals surface area contributed by atoms with Crippen LogP contribution in [0.25, 0.3) is 0 Å². The van der Waals surface area contributed by atoms with Gasteiger partial charge in [-0.1, -0.05) is 43.3 Å². The largest absolute Gasteiger partial charge is 0.489 e. The SMILES string of the molecule is C=CCOc1cccc(NC(=O)[C@@H](CC)N(c2ccc(C)cc2)S(C)(=O)=O)c1. The fourth-order valence-corrected chi connectivity index (χ4v) is 4.01. The minimum atomic E-state index is -3.66. The van der Waals surface area contributed by atoms with Gasteiger partial charge in [-0.2, -0.15) is 0 Å². The van der Waals surface area contributed by atoms with Crippen LogP contribution in [-0.2, 0) is 14.8 Å². The van der Waals surface area contributed by atoms with Gasteiger partial charge in [0.05, 0.1) is 11.9 Å². The van der Waals surface area contributed by atoms with Gasteiger partial charge in [0.1, 0.15) is 18.4 Å². The summed E-state index contributed by atoms with van der Waals surface area (Å²) in [6.07, 6.45) is 3.05. The lowest BCUT2D eigenvalue weighted by atomic mass is 10.1. The summed E-state index contributed by atoms with van der Waals surface area (Å²) in [5.41, 5.74) is 1.99. The topological polar surface area (TPSA) is 75.7 Å². The number of hydrogen-bond donors (Lipinski definition) is 1. The van der Waals surface area contributed by atoms with Crippen LogP contribution in [0.5, 0.6) is 5.75 Å². The lowest BCUT2D eigenvalue weighted by Gasteiger charge is -2.30. The molecule has 1 atom stereocenters. The van der Waals surface area contributed by atoms with Gasteiger partial charge < -0.3 is 10.1 Å². The number of hydrogen-bond acceptors (Lipinski definition) is 4. The number of ether oxygens (including phenoxy) is 1. The zero-order valence-corrected chi connectivity index (χ0v) is 17.2. The highest BCUT2D eigenvalue weighted by Crippen LogP contribution is 2.24. The molecule has 6 nitrogen and oxygen atoms in total. The van der Waals surface area contributed by atoms with Crippen LogP contribution in [0.3, 0.4) is 0 Å². The number of rotatable bonds is 9. The Morgan fingerprint density at radius 1 is 1.25 bits per heavy atom. The Labute approximate surface area is 166 Å². The van der Waals surface area contributed by atoms with E-state index < -0.39 is 22.0 Å². The van der Waals surface area contributed by atoms with Crippen LogP contribution in [0.2, 0.25) is 0 Å². The van der Waals surface area contributed by atoms with E-state index in [1.165, 1.54) is 4.31 Å². The second-order valence-electron chi connectivity index (χ2n) is 6.44. The third-order valence-corrected chi connectivity index (χ3v) is 5.27. The zero-order valence-electron chi connectivity index (χ0n) is 16.4. The summed E-state index contributed by atoms with van der Waals surface area (Å²) in [7, 11) is -3.66. The van der Waals surface area contributed by atoms with Crippen molar-refractivity contribution in [2.75, 3.05) is 22.5 Å². The van der Waals surface area contributed by atoms with E-state index in [0.717, 1.165) is 11.8 Å². The van der Waals surface area contributed by atoms with Crippen molar-refractivity contribution in [2.45, 2.75) is 26.3 Å². The smallest absolute Gasteiger partial charge is 0.248 e. The van der Waals surface area contributed by atoms with Crippen molar-refractivity contribution in [3.63, 3.8) is 0 Å². The van der Waals surface area contributed by atoms with Gasteiger partial charge in [0.25, 0.3) is 0 Å². The normalized spacial score (nSPS) is 12.1. The molecule has 7 heteroatoms. The molecule has 150 valence electrons. The molecule has 2 aromatic rings. The number of carbonyl (C=O) groups is 1. The number of sulfonamides is 1. The molecule has 0 aliphatic carbocycles. The fourth-order valence-electron chi connectivity index (χ4n) is 2.80. The van der Waals surface area contributed by atoms with Crippen molar-refractivity contribution in [1.82, 2.24) is 0 Å². The van der Waals surface area contributed by atoms with Crippen LogP contribution in [0, 0.1) is 6.92 Å². The Balaban J connectivity index is 2.29. The van der Waals surface area contributed by atoms with Crippen LogP contribution in [0.1, 0.15) is 18.9 Å². The summed E-state index contributed by atoms with van der Waals surface area (Å²) in [6.45, 7) is 7.65. The summed E-state index contributed by atoms with van der Waals surface area (Å²) < 4.78 is 31.6. The molecule has 0 fully saturated rings. The lowest BCUT2D eigenvalue weighted by molar-refractivity contribution is -0.117. The van der Waals surface area contributed by atoms with Gasteiger partial charge in [-0.25, -0.2) is 8.42 Å². The Kier molecular flexibility index (Phi) is 7.23. The molecular formula is C21H26N2O4S. The van der Waals surface area contributed by atoms with Crippen molar-refractivity contribution in [2.24, 2.45) is 0 Å². The van der Waals surface area contributed by atoms with Crippen molar-refractivity contribution in [1.29, 1.82) is 0 Å². The first-order valence-corrected chi connectivity index (χ1v) is 10.8. The van der Waals surface area contributed by atoms with E-state index in [9.17, 15) is 13.2 Å². The molecule has 1 N–H and O–H groups in total. The van der Waals surface area contributed by atoms with E-state index in [0.29, 0.717) is 30.2 Å². The summed E-state index contributed by atoms with van der Waals surface area (Å²) in [6, 6.07) is 13.1. The molecule has 2 aromatic carbocycles. The molecule has 1 amide bonds. The molecule has 0 heterocycles. The molecular weight excluding hydrogens is 376 g/mol. The Morgan fingerprint density at radius 2 is 1.93 bits per heavy atom. The molecule has 0 unspecified atom stereocenters. The maximum atomic E-state index is 12.9. The molecule has 0 aliphatic rings. The molecule has 0 saturated carbocycles. The molecule has 0 radical (unpaired) electrons.